The van der Waals surface area contributed by atoms with Gasteiger partial charge in [-0.1, -0.05) is 0 Å². The lowest BCUT2D eigenvalue weighted by Crippen LogP contribution is -2.65. The van der Waals surface area contributed by atoms with Crippen molar-refractivity contribution in [2.45, 2.75) is 32.4 Å². The van der Waals surface area contributed by atoms with Gasteiger partial charge in [-0.3, -0.25) is 15.0 Å². The standard InChI is InChI=1S/C13H25N3O2/c1-11-10-16(12(17)13(2,3)14-11)5-4-15-6-8-18-9-7-15/h11,14H,4-10H2,1-3H3. The van der Waals surface area contributed by atoms with Crippen LogP contribution in [0.4, 0.5) is 0 Å². The van der Waals surface area contributed by atoms with Gasteiger partial charge < -0.3 is 9.64 Å². The molecule has 104 valence electrons. The molecule has 0 spiro atoms. The fourth-order valence-corrected chi connectivity index (χ4v) is 2.81. The first kappa shape index (κ1) is 13.8. The van der Waals surface area contributed by atoms with E-state index in [1.54, 1.807) is 0 Å². The van der Waals surface area contributed by atoms with Crippen LogP contribution in [-0.2, 0) is 9.53 Å². The Labute approximate surface area is 109 Å². The Hall–Kier alpha value is -0.650. The summed E-state index contributed by atoms with van der Waals surface area (Å²) in [4.78, 5) is 16.7. The third-order valence-electron chi connectivity index (χ3n) is 3.71. The molecule has 1 atom stereocenters. The molecule has 0 bridgehead atoms. The minimum absolute atomic E-state index is 0.217. The zero-order valence-corrected chi connectivity index (χ0v) is 11.7. The molecule has 2 saturated heterocycles. The number of rotatable bonds is 3. The van der Waals surface area contributed by atoms with Gasteiger partial charge in [-0.05, 0) is 20.8 Å². The predicted octanol–water partition coefficient (Wildman–Crippen LogP) is -0.0825. The largest absolute Gasteiger partial charge is 0.379 e. The van der Waals surface area contributed by atoms with E-state index in [-0.39, 0.29) is 5.91 Å². The van der Waals surface area contributed by atoms with Gasteiger partial charge in [-0.25, -0.2) is 0 Å². The third-order valence-corrected chi connectivity index (χ3v) is 3.71. The smallest absolute Gasteiger partial charge is 0.242 e. The molecule has 0 saturated carbocycles. The summed E-state index contributed by atoms with van der Waals surface area (Å²) in [5.74, 6) is 0.217. The number of piperazine rings is 1. The van der Waals surface area contributed by atoms with Gasteiger partial charge in [0.05, 0.1) is 18.8 Å². The quantitative estimate of drug-likeness (QED) is 0.766. The van der Waals surface area contributed by atoms with Gasteiger partial charge >= 0.3 is 0 Å². The van der Waals surface area contributed by atoms with Crippen LogP contribution >= 0.6 is 0 Å². The number of carbonyl (C=O) groups is 1. The third kappa shape index (κ3) is 3.22. The van der Waals surface area contributed by atoms with Crippen molar-refractivity contribution >= 4 is 5.91 Å². The number of amides is 1. The Kier molecular flexibility index (Phi) is 4.25. The highest BCUT2D eigenvalue weighted by Crippen LogP contribution is 2.15. The molecule has 0 aromatic rings. The van der Waals surface area contributed by atoms with Crippen molar-refractivity contribution in [2.24, 2.45) is 0 Å². The fourth-order valence-electron chi connectivity index (χ4n) is 2.81. The summed E-state index contributed by atoms with van der Waals surface area (Å²) < 4.78 is 5.33. The molecule has 0 aromatic carbocycles. The first-order valence-electron chi connectivity index (χ1n) is 6.86. The van der Waals surface area contributed by atoms with Gasteiger partial charge in [-0.15, -0.1) is 0 Å². The molecular formula is C13H25N3O2. The minimum atomic E-state index is -0.428. The highest BCUT2D eigenvalue weighted by Gasteiger charge is 2.37. The Morgan fingerprint density at radius 1 is 1.33 bits per heavy atom. The second-order valence-corrected chi connectivity index (χ2v) is 5.88. The maximum absolute atomic E-state index is 12.3. The first-order valence-corrected chi connectivity index (χ1v) is 6.86. The van der Waals surface area contributed by atoms with Gasteiger partial charge in [0.2, 0.25) is 5.91 Å². The lowest BCUT2D eigenvalue weighted by molar-refractivity contribution is -0.141. The number of hydrogen-bond donors (Lipinski definition) is 1. The van der Waals surface area contributed by atoms with Gasteiger partial charge in [0.1, 0.15) is 0 Å². The molecule has 0 radical (unpaired) electrons. The van der Waals surface area contributed by atoms with Gasteiger partial charge in [0.25, 0.3) is 0 Å². The Morgan fingerprint density at radius 3 is 2.67 bits per heavy atom. The Balaban J connectivity index is 1.85. The van der Waals surface area contributed by atoms with Crippen molar-refractivity contribution in [2.75, 3.05) is 45.9 Å². The van der Waals surface area contributed by atoms with Crippen LogP contribution in [0.25, 0.3) is 0 Å². The molecule has 5 heteroatoms. The van der Waals surface area contributed by atoms with Crippen LogP contribution in [0.5, 0.6) is 0 Å². The minimum Gasteiger partial charge on any atom is -0.379 e. The van der Waals surface area contributed by atoms with Crippen LogP contribution in [0.15, 0.2) is 0 Å². The van der Waals surface area contributed by atoms with Crippen molar-refractivity contribution in [3.05, 3.63) is 0 Å². The lowest BCUT2D eigenvalue weighted by Gasteiger charge is -2.42. The summed E-state index contributed by atoms with van der Waals surface area (Å²) in [5, 5.41) is 3.35. The normalized spacial score (nSPS) is 29.6. The molecule has 1 amide bonds. The average molecular weight is 255 g/mol. The van der Waals surface area contributed by atoms with Crippen molar-refractivity contribution in [3.63, 3.8) is 0 Å². The molecule has 1 unspecified atom stereocenters. The van der Waals surface area contributed by atoms with Crippen LogP contribution in [0.1, 0.15) is 20.8 Å². The van der Waals surface area contributed by atoms with Crippen LogP contribution in [0.3, 0.4) is 0 Å². The zero-order chi connectivity index (χ0) is 13.2. The van der Waals surface area contributed by atoms with E-state index in [0.29, 0.717) is 6.04 Å². The monoisotopic (exact) mass is 255 g/mol. The second-order valence-electron chi connectivity index (χ2n) is 5.88. The lowest BCUT2D eigenvalue weighted by atomic mass is 9.98. The van der Waals surface area contributed by atoms with E-state index in [1.807, 2.05) is 18.7 Å². The average Bonchev–Trinajstić information content (AvgIpc) is 2.33. The van der Waals surface area contributed by atoms with Crippen molar-refractivity contribution < 1.29 is 9.53 Å². The summed E-state index contributed by atoms with van der Waals surface area (Å²) >= 11 is 0. The number of nitrogens with one attached hydrogen (secondary N) is 1. The van der Waals surface area contributed by atoms with E-state index >= 15 is 0 Å². The molecule has 2 aliphatic heterocycles. The molecule has 2 aliphatic rings. The van der Waals surface area contributed by atoms with E-state index in [1.165, 1.54) is 0 Å². The summed E-state index contributed by atoms with van der Waals surface area (Å²) in [6.45, 7) is 12.3. The number of nitrogens with zero attached hydrogens (tertiary/aromatic N) is 2. The molecule has 2 rings (SSSR count). The number of carbonyl (C=O) groups excluding carboxylic acids is 1. The summed E-state index contributed by atoms with van der Waals surface area (Å²) in [6.07, 6.45) is 0. The van der Waals surface area contributed by atoms with Crippen LogP contribution < -0.4 is 5.32 Å². The highest BCUT2D eigenvalue weighted by atomic mass is 16.5. The van der Waals surface area contributed by atoms with Crippen molar-refractivity contribution in [1.29, 1.82) is 0 Å². The Bertz CT molecular complexity index is 301. The molecule has 18 heavy (non-hydrogen) atoms. The SMILES string of the molecule is CC1CN(CCN2CCOCC2)C(=O)C(C)(C)N1. The van der Waals surface area contributed by atoms with Crippen LogP contribution in [-0.4, -0.2) is 73.2 Å². The maximum Gasteiger partial charge on any atom is 0.242 e. The highest BCUT2D eigenvalue weighted by molar-refractivity contribution is 5.86. The molecule has 0 aromatic heterocycles. The van der Waals surface area contributed by atoms with Gasteiger partial charge in [0, 0.05) is 38.8 Å². The van der Waals surface area contributed by atoms with E-state index in [2.05, 4.69) is 17.1 Å². The van der Waals surface area contributed by atoms with E-state index in [9.17, 15) is 4.79 Å². The molecule has 0 aliphatic carbocycles. The summed E-state index contributed by atoms with van der Waals surface area (Å²) in [7, 11) is 0. The van der Waals surface area contributed by atoms with Gasteiger partial charge in [0.15, 0.2) is 0 Å². The second kappa shape index (κ2) is 5.55. The maximum atomic E-state index is 12.3. The van der Waals surface area contributed by atoms with E-state index in [0.717, 1.165) is 45.9 Å². The molecule has 5 nitrogen and oxygen atoms in total. The predicted molar refractivity (Wildman–Crippen MR) is 70.5 cm³/mol. The van der Waals surface area contributed by atoms with Crippen molar-refractivity contribution in [1.82, 2.24) is 15.1 Å². The van der Waals surface area contributed by atoms with E-state index < -0.39 is 5.54 Å². The van der Waals surface area contributed by atoms with Crippen molar-refractivity contribution in [3.8, 4) is 0 Å². The molecule has 2 fully saturated rings. The molecular weight excluding hydrogens is 230 g/mol. The Morgan fingerprint density at radius 2 is 2.00 bits per heavy atom. The summed E-state index contributed by atoms with van der Waals surface area (Å²) in [6, 6.07) is 0.363. The van der Waals surface area contributed by atoms with Crippen LogP contribution in [0, 0.1) is 0 Å². The summed E-state index contributed by atoms with van der Waals surface area (Å²) in [5.41, 5.74) is -0.428. The number of hydrogen-bond acceptors (Lipinski definition) is 4. The van der Waals surface area contributed by atoms with Gasteiger partial charge in [-0.2, -0.15) is 0 Å². The topological polar surface area (TPSA) is 44.8 Å². The number of ether oxygens (including phenoxy) is 1. The first-order chi connectivity index (χ1) is 8.49. The molecule has 1 N–H and O–H groups in total. The molecule has 2 heterocycles. The fraction of sp³-hybridized carbons (Fsp3) is 0.923. The van der Waals surface area contributed by atoms with Crippen LogP contribution in [0.2, 0.25) is 0 Å². The van der Waals surface area contributed by atoms with E-state index in [4.69, 9.17) is 4.74 Å². The zero-order valence-electron chi connectivity index (χ0n) is 11.7. The number of morpholine rings is 1.